The van der Waals surface area contributed by atoms with Crippen LogP contribution in [0.2, 0.25) is 0 Å². The standard InChI is InChI=1S/C14H17ClFN3/c1-18(10-5-6-10)7-8-19-12-4-2-3-11(16)14(12)17-13(19)9-15/h2-4,10H,5-9H2,1H3. The predicted octanol–water partition coefficient (Wildman–Crippen LogP) is 3.01. The normalized spacial score (nSPS) is 15.6. The number of aromatic nitrogens is 2. The molecule has 102 valence electrons. The first kappa shape index (κ1) is 12.9. The maximum atomic E-state index is 13.7. The van der Waals surface area contributed by atoms with Gasteiger partial charge in [0.15, 0.2) is 5.82 Å². The van der Waals surface area contributed by atoms with Gasteiger partial charge in [-0.2, -0.15) is 0 Å². The molecule has 1 aromatic carbocycles. The van der Waals surface area contributed by atoms with Crippen molar-refractivity contribution in [1.82, 2.24) is 14.5 Å². The van der Waals surface area contributed by atoms with Crippen molar-refractivity contribution in [3.05, 3.63) is 29.8 Å². The molecule has 0 radical (unpaired) electrons. The van der Waals surface area contributed by atoms with Crippen LogP contribution in [0.3, 0.4) is 0 Å². The van der Waals surface area contributed by atoms with E-state index in [-0.39, 0.29) is 5.82 Å². The van der Waals surface area contributed by atoms with E-state index in [0.29, 0.717) is 11.4 Å². The third-order valence-corrected chi connectivity index (χ3v) is 4.01. The van der Waals surface area contributed by atoms with Crippen molar-refractivity contribution in [3.63, 3.8) is 0 Å². The summed E-state index contributed by atoms with van der Waals surface area (Å²) in [5.41, 5.74) is 1.26. The van der Waals surface area contributed by atoms with Crippen LogP contribution >= 0.6 is 11.6 Å². The van der Waals surface area contributed by atoms with Gasteiger partial charge in [-0.1, -0.05) is 6.07 Å². The fourth-order valence-electron chi connectivity index (χ4n) is 2.47. The number of para-hydroxylation sites is 1. The zero-order valence-corrected chi connectivity index (χ0v) is 11.7. The maximum Gasteiger partial charge on any atom is 0.151 e. The average molecular weight is 282 g/mol. The zero-order chi connectivity index (χ0) is 13.4. The molecule has 1 aromatic heterocycles. The van der Waals surface area contributed by atoms with Crippen LogP contribution in [0, 0.1) is 5.82 Å². The fraction of sp³-hybridized carbons (Fsp3) is 0.500. The van der Waals surface area contributed by atoms with Crippen molar-refractivity contribution >= 4 is 22.6 Å². The van der Waals surface area contributed by atoms with Crippen molar-refractivity contribution in [3.8, 4) is 0 Å². The summed E-state index contributed by atoms with van der Waals surface area (Å²) >= 11 is 5.93. The molecule has 0 amide bonds. The molecule has 5 heteroatoms. The molecule has 19 heavy (non-hydrogen) atoms. The van der Waals surface area contributed by atoms with Crippen molar-refractivity contribution < 1.29 is 4.39 Å². The maximum absolute atomic E-state index is 13.7. The largest absolute Gasteiger partial charge is 0.326 e. The minimum Gasteiger partial charge on any atom is -0.326 e. The van der Waals surface area contributed by atoms with Gasteiger partial charge in [0.2, 0.25) is 0 Å². The molecule has 0 N–H and O–H groups in total. The van der Waals surface area contributed by atoms with E-state index in [0.717, 1.165) is 30.5 Å². The predicted molar refractivity (Wildman–Crippen MR) is 74.9 cm³/mol. The molecule has 0 atom stereocenters. The molecule has 0 aliphatic heterocycles. The molecule has 0 bridgehead atoms. The van der Waals surface area contributed by atoms with Crippen molar-refractivity contribution in [1.29, 1.82) is 0 Å². The number of likely N-dealkylation sites (N-methyl/N-ethyl adjacent to an activating group) is 1. The second-order valence-electron chi connectivity index (χ2n) is 5.13. The minimum atomic E-state index is -0.279. The van der Waals surface area contributed by atoms with E-state index in [1.165, 1.54) is 18.9 Å². The smallest absolute Gasteiger partial charge is 0.151 e. The summed E-state index contributed by atoms with van der Waals surface area (Å²) in [4.78, 5) is 6.66. The van der Waals surface area contributed by atoms with E-state index >= 15 is 0 Å². The Hall–Kier alpha value is -1.13. The van der Waals surface area contributed by atoms with E-state index < -0.39 is 0 Å². The number of benzene rings is 1. The Kier molecular flexibility index (Phi) is 3.46. The lowest BCUT2D eigenvalue weighted by Crippen LogP contribution is -2.25. The van der Waals surface area contributed by atoms with Gasteiger partial charge in [-0.25, -0.2) is 9.37 Å². The highest BCUT2D eigenvalue weighted by atomic mass is 35.5. The van der Waals surface area contributed by atoms with Crippen LogP contribution in [-0.2, 0) is 12.4 Å². The topological polar surface area (TPSA) is 21.1 Å². The highest BCUT2D eigenvalue weighted by Crippen LogP contribution is 2.26. The number of hydrogen-bond acceptors (Lipinski definition) is 2. The van der Waals surface area contributed by atoms with E-state index in [9.17, 15) is 4.39 Å². The lowest BCUT2D eigenvalue weighted by molar-refractivity contribution is 0.309. The first-order chi connectivity index (χ1) is 9.20. The van der Waals surface area contributed by atoms with Gasteiger partial charge in [0.1, 0.15) is 11.3 Å². The fourth-order valence-corrected chi connectivity index (χ4v) is 2.67. The highest BCUT2D eigenvalue weighted by Gasteiger charge is 2.26. The van der Waals surface area contributed by atoms with Gasteiger partial charge in [-0.15, -0.1) is 11.6 Å². The SMILES string of the molecule is CN(CCn1c(CCl)nc2c(F)cccc21)C1CC1. The first-order valence-electron chi connectivity index (χ1n) is 6.60. The average Bonchev–Trinajstić information content (AvgIpc) is 3.19. The molecule has 0 unspecified atom stereocenters. The Bertz CT molecular complexity index is 592. The lowest BCUT2D eigenvalue weighted by atomic mass is 10.3. The number of nitrogens with zero attached hydrogens (tertiary/aromatic N) is 3. The summed E-state index contributed by atoms with van der Waals surface area (Å²) in [7, 11) is 2.14. The molecule has 1 fully saturated rings. The second-order valence-corrected chi connectivity index (χ2v) is 5.40. The van der Waals surface area contributed by atoms with Gasteiger partial charge in [0.25, 0.3) is 0 Å². The van der Waals surface area contributed by atoms with Crippen LogP contribution in [0.4, 0.5) is 4.39 Å². The second kappa shape index (κ2) is 5.10. The summed E-state index contributed by atoms with van der Waals surface area (Å²) in [5, 5.41) is 0. The van der Waals surface area contributed by atoms with E-state index in [2.05, 4.69) is 16.9 Å². The molecule has 1 heterocycles. The number of fused-ring (bicyclic) bond motifs is 1. The summed E-state index contributed by atoms with van der Waals surface area (Å²) in [5.74, 6) is 0.769. The number of imidazole rings is 1. The zero-order valence-electron chi connectivity index (χ0n) is 10.9. The minimum absolute atomic E-state index is 0.279. The van der Waals surface area contributed by atoms with Crippen LogP contribution in [0.1, 0.15) is 18.7 Å². The molecule has 1 aliphatic carbocycles. The third kappa shape index (κ3) is 2.47. The lowest BCUT2D eigenvalue weighted by Gasteiger charge is -2.17. The van der Waals surface area contributed by atoms with E-state index in [1.54, 1.807) is 6.07 Å². The van der Waals surface area contributed by atoms with Gasteiger partial charge in [0, 0.05) is 19.1 Å². The summed E-state index contributed by atoms with van der Waals surface area (Å²) in [6.07, 6.45) is 2.58. The van der Waals surface area contributed by atoms with Gasteiger partial charge in [0.05, 0.1) is 11.4 Å². The third-order valence-electron chi connectivity index (χ3n) is 3.77. The Labute approximate surface area is 117 Å². The summed E-state index contributed by atoms with van der Waals surface area (Å²) in [6.45, 7) is 1.74. The monoisotopic (exact) mass is 281 g/mol. The number of halogens is 2. The number of alkyl halides is 1. The molecule has 1 saturated carbocycles. The molecule has 3 nitrogen and oxygen atoms in total. The van der Waals surface area contributed by atoms with Gasteiger partial charge >= 0.3 is 0 Å². The summed E-state index contributed by atoms with van der Waals surface area (Å²) < 4.78 is 15.8. The van der Waals surface area contributed by atoms with E-state index in [4.69, 9.17) is 11.6 Å². The van der Waals surface area contributed by atoms with Crippen LogP contribution < -0.4 is 0 Å². The number of rotatable bonds is 5. The quantitative estimate of drug-likeness (QED) is 0.786. The van der Waals surface area contributed by atoms with Crippen molar-refractivity contribution in [2.75, 3.05) is 13.6 Å². The van der Waals surface area contributed by atoms with Gasteiger partial charge in [-0.05, 0) is 32.0 Å². The highest BCUT2D eigenvalue weighted by molar-refractivity contribution is 6.16. The van der Waals surface area contributed by atoms with Gasteiger partial charge < -0.3 is 9.47 Å². The van der Waals surface area contributed by atoms with Gasteiger partial charge in [-0.3, -0.25) is 0 Å². The van der Waals surface area contributed by atoms with Crippen molar-refractivity contribution in [2.24, 2.45) is 0 Å². The Balaban J connectivity index is 1.89. The Morgan fingerprint density at radius 1 is 1.47 bits per heavy atom. The molecular formula is C14H17ClFN3. The van der Waals surface area contributed by atoms with Crippen LogP contribution in [0.5, 0.6) is 0 Å². The molecule has 1 aliphatic rings. The summed E-state index contributed by atoms with van der Waals surface area (Å²) in [6, 6.07) is 5.79. The Morgan fingerprint density at radius 2 is 2.26 bits per heavy atom. The van der Waals surface area contributed by atoms with Crippen molar-refractivity contribution in [2.45, 2.75) is 31.3 Å². The van der Waals surface area contributed by atoms with E-state index in [1.807, 2.05) is 10.6 Å². The molecule has 2 aromatic rings. The van der Waals surface area contributed by atoms with Crippen LogP contribution in [0.25, 0.3) is 11.0 Å². The van der Waals surface area contributed by atoms with Crippen LogP contribution in [-0.4, -0.2) is 34.1 Å². The number of hydrogen-bond donors (Lipinski definition) is 0. The first-order valence-corrected chi connectivity index (χ1v) is 7.14. The Morgan fingerprint density at radius 3 is 2.95 bits per heavy atom. The molecule has 0 saturated heterocycles. The molecule has 0 spiro atoms. The molecular weight excluding hydrogens is 265 g/mol. The van der Waals surface area contributed by atoms with Crippen LogP contribution in [0.15, 0.2) is 18.2 Å². The molecule has 3 rings (SSSR count).